The molecule has 0 spiro atoms. The summed E-state index contributed by atoms with van der Waals surface area (Å²) in [5.41, 5.74) is 8.93. The van der Waals surface area contributed by atoms with E-state index in [0.717, 1.165) is 46.5 Å². The minimum absolute atomic E-state index is 0.0182. The van der Waals surface area contributed by atoms with Gasteiger partial charge >= 0.3 is 0 Å². The van der Waals surface area contributed by atoms with Crippen LogP contribution in [-0.2, 0) is 24.3 Å². The van der Waals surface area contributed by atoms with Crippen molar-refractivity contribution in [1.29, 1.82) is 0 Å². The first-order chi connectivity index (χ1) is 17.8. The normalized spacial score (nSPS) is 19.7. The van der Waals surface area contributed by atoms with Gasteiger partial charge in [0.05, 0.1) is 0 Å². The summed E-state index contributed by atoms with van der Waals surface area (Å²) in [6.07, 6.45) is 3.50. The molecule has 1 unspecified atom stereocenters. The molecule has 0 saturated heterocycles. The predicted octanol–water partition coefficient (Wildman–Crippen LogP) is 6.37. The second-order valence-corrected chi connectivity index (χ2v) is 12.5. The summed E-state index contributed by atoms with van der Waals surface area (Å²) in [5.74, 6) is 3.31. The molecule has 0 bridgehead atoms. The van der Waals surface area contributed by atoms with E-state index in [1.54, 1.807) is 23.5 Å². The van der Waals surface area contributed by atoms with E-state index in [1.807, 2.05) is 11.3 Å². The molecule has 2 aliphatic heterocycles. The van der Waals surface area contributed by atoms with Gasteiger partial charge < -0.3 is 0 Å². The molecule has 36 heavy (non-hydrogen) atoms. The molecule has 0 radical (unpaired) electrons. The number of nitrogens with zero attached hydrogens (tertiary/aromatic N) is 5. The number of benzene rings is 2. The second-order valence-electron chi connectivity index (χ2n) is 9.53. The molecule has 6 nitrogen and oxygen atoms in total. The molecule has 0 amide bonds. The van der Waals surface area contributed by atoms with Gasteiger partial charge in [0.1, 0.15) is 5.00 Å². The highest BCUT2D eigenvalue weighted by atomic mass is 32.2. The fourth-order valence-corrected chi connectivity index (χ4v) is 8.60. The van der Waals surface area contributed by atoms with Gasteiger partial charge in [-0.3, -0.25) is 10.3 Å². The molecule has 1 aliphatic carbocycles. The van der Waals surface area contributed by atoms with Crippen molar-refractivity contribution >= 4 is 46.0 Å². The van der Waals surface area contributed by atoms with Crippen molar-refractivity contribution < 1.29 is 0 Å². The number of rotatable bonds is 5. The van der Waals surface area contributed by atoms with Crippen molar-refractivity contribution in [3.8, 4) is 5.00 Å². The Balaban J connectivity index is 1.27. The second kappa shape index (κ2) is 9.28. The van der Waals surface area contributed by atoms with Gasteiger partial charge in [0.2, 0.25) is 5.95 Å². The Labute approximate surface area is 223 Å². The third-order valence-electron chi connectivity index (χ3n) is 7.01. The number of anilines is 1. The summed E-state index contributed by atoms with van der Waals surface area (Å²) in [6.45, 7) is 2.37. The van der Waals surface area contributed by atoms with Gasteiger partial charge in [-0.1, -0.05) is 91.1 Å². The van der Waals surface area contributed by atoms with E-state index in [0.29, 0.717) is 0 Å². The largest absolute Gasteiger partial charge is 0.280 e. The molecular weight excluding hydrogens is 505 g/mol. The van der Waals surface area contributed by atoms with Crippen LogP contribution >= 0.6 is 34.9 Å². The summed E-state index contributed by atoms with van der Waals surface area (Å²) >= 11 is 5.43. The molecule has 0 fully saturated rings. The van der Waals surface area contributed by atoms with Crippen LogP contribution in [0.15, 0.2) is 70.9 Å². The topological polar surface area (TPSA) is 58.3 Å². The Kier molecular flexibility index (Phi) is 5.79. The number of amidine groups is 1. The lowest BCUT2D eigenvalue weighted by Gasteiger charge is -2.32. The highest BCUT2D eigenvalue weighted by Crippen LogP contribution is 2.50. The Bertz CT molecular complexity index is 1430. The third-order valence-corrected chi connectivity index (χ3v) is 10.3. The van der Waals surface area contributed by atoms with Crippen LogP contribution in [0.2, 0.25) is 0 Å². The average molecular weight is 531 g/mol. The van der Waals surface area contributed by atoms with Crippen LogP contribution in [0.3, 0.4) is 0 Å². The maximum Gasteiger partial charge on any atom is 0.241 e. The van der Waals surface area contributed by atoms with Gasteiger partial charge in [-0.25, -0.2) is 4.57 Å². The van der Waals surface area contributed by atoms with Crippen molar-refractivity contribution in [3.63, 3.8) is 0 Å². The fraction of sp³-hybridized carbons (Fsp3) is 0.296. The van der Waals surface area contributed by atoms with Gasteiger partial charge in [0.25, 0.3) is 0 Å². The number of nitrogens with one attached hydrogen (secondary N) is 1. The SMILES string of the molecule is C[C@@H]1CCc2c(sc3c2C2NN=C(SCc4ccccc4)N2c2nnc(SCc4ccccc4)n2-3)C1. The number of aromatic nitrogens is 3. The zero-order valence-electron chi connectivity index (χ0n) is 19.9. The number of thioether (sulfide) groups is 2. The quantitative estimate of drug-likeness (QED) is 0.303. The monoisotopic (exact) mass is 530 g/mol. The summed E-state index contributed by atoms with van der Waals surface area (Å²) in [6, 6.07) is 21.2. The van der Waals surface area contributed by atoms with Crippen molar-refractivity contribution in [2.24, 2.45) is 11.0 Å². The van der Waals surface area contributed by atoms with E-state index < -0.39 is 0 Å². The molecule has 2 atom stereocenters. The molecule has 1 N–H and O–H groups in total. The van der Waals surface area contributed by atoms with Gasteiger partial charge in [-0.15, -0.1) is 21.5 Å². The molecule has 2 aromatic heterocycles. The highest BCUT2D eigenvalue weighted by Gasteiger charge is 2.44. The first-order valence-electron chi connectivity index (χ1n) is 12.3. The number of hydrazone groups is 1. The first kappa shape index (κ1) is 22.4. The number of hydrogen-bond donors (Lipinski definition) is 1. The average Bonchev–Trinajstić information content (AvgIpc) is 3.61. The van der Waals surface area contributed by atoms with E-state index in [1.165, 1.54) is 38.6 Å². The molecule has 0 saturated carbocycles. The molecule has 3 aliphatic rings. The van der Waals surface area contributed by atoms with Crippen LogP contribution in [0.25, 0.3) is 5.00 Å². The zero-order valence-corrected chi connectivity index (χ0v) is 22.4. The van der Waals surface area contributed by atoms with E-state index in [2.05, 4.69) is 82.5 Å². The number of thiophene rings is 1. The lowest BCUT2D eigenvalue weighted by molar-refractivity contribution is 0.498. The van der Waals surface area contributed by atoms with Crippen molar-refractivity contribution in [1.82, 2.24) is 20.2 Å². The van der Waals surface area contributed by atoms with Crippen LogP contribution in [0, 0.1) is 5.92 Å². The van der Waals surface area contributed by atoms with Gasteiger partial charge in [0, 0.05) is 21.9 Å². The molecule has 182 valence electrons. The van der Waals surface area contributed by atoms with Crippen LogP contribution in [0.5, 0.6) is 0 Å². The lowest BCUT2D eigenvalue weighted by Crippen LogP contribution is -2.38. The first-order valence-corrected chi connectivity index (χ1v) is 15.1. The molecular formula is C27H26N6S3. The van der Waals surface area contributed by atoms with Gasteiger partial charge in [-0.05, 0) is 41.9 Å². The van der Waals surface area contributed by atoms with Gasteiger partial charge in [-0.2, -0.15) is 5.10 Å². The zero-order chi connectivity index (χ0) is 24.1. The van der Waals surface area contributed by atoms with E-state index in [9.17, 15) is 0 Å². The molecule has 2 aromatic carbocycles. The number of hydrogen-bond acceptors (Lipinski definition) is 8. The van der Waals surface area contributed by atoms with Crippen molar-refractivity contribution in [2.45, 2.75) is 49.0 Å². The summed E-state index contributed by atoms with van der Waals surface area (Å²) in [4.78, 5) is 3.78. The fourth-order valence-electron chi connectivity index (χ4n) is 5.18. The third kappa shape index (κ3) is 3.84. The summed E-state index contributed by atoms with van der Waals surface area (Å²) in [7, 11) is 0. The summed E-state index contributed by atoms with van der Waals surface area (Å²) < 4.78 is 2.29. The van der Waals surface area contributed by atoms with Crippen LogP contribution in [0.4, 0.5) is 5.95 Å². The van der Waals surface area contributed by atoms with E-state index in [-0.39, 0.29) is 6.17 Å². The Morgan fingerprint density at radius 2 is 1.69 bits per heavy atom. The smallest absolute Gasteiger partial charge is 0.241 e. The van der Waals surface area contributed by atoms with E-state index in [4.69, 9.17) is 15.3 Å². The molecule has 4 aromatic rings. The van der Waals surface area contributed by atoms with Crippen LogP contribution < -0.4 is 10.3 Å². The van der Waals surface area contributed by atoms with Crippen molar-refractivity contribution in [3.05, 3.63) is 87.8 Å². The Morgan fingerprint density at radius 3 is 2.44 bits per heavy atom. The Morgan fingerprint density at radius 1 is 0.972 bits per heavy atom. The standard InChI is InChI=1S/C27H26N6S3/c1-17-12-13-20-21(14-17)36-24-22(20)23-28-30-26(34-15-18-8-4-2-5-9-18)32(23)25-29-31-27(33(24)25)35-16-19-10-6-3-7-11-19/h2-11,17,23,28H,12-16H2,1H3/t17-,23?/m1/s1. The van der Waals surface area contributed by atoms with Crippen LogP contribution in [0.1, 0.15) is 46.6 Å². The highest BCUT2D eigenvalue weighted by molar-refractivity contribution is 8.13. The summed E-state index contributed by atoms with van der Waals surface area (Å²) in [5, 5.41) is 17.4. The molecule has 9 heteroatoms. The van der Waals surface area contributed by atoms with E-state index >= 15 is 0 Å². The molecule has 4 heterocycles. The van der Waals surface area contributed by atoms with Crippen LogP contribution in [-0.4, -0.2) is 19.9 Å². The minimum Gasteiger partial charge on any atom is -0.280 e. The lowest BCUT2D eigenvalue weighted by atomic mass is 9.87. The number of fused-ring (bicyclic) bond motifs is 8. The maximum atomic E-state index is 4.81. The van der Waals surface area contributed by atoms with Gasteiger partial charge in [0.15, 0.2) is 16.5 Å². The van der Waals surface area contributed by atoms with Crippen molar-refractivity contribution in [2.75, 3.05) is 4.90 Å². The minimum atomic E-state index is -0.0182. The maximum absolute atomic E-state index is 4.81. The Hall–Kier alpha value is -2.75. The molecule has 7 rings (SSSR count). The predicted molar refractivity (Wildman–Crippen MR) is 150 cm³/mol.